The number of nitrogens with one attached hydrogen (secondary N) is 4. The first kappa shape index (κ1) is 50.4. The van der Waals surface area contributed by atoms with E-state index in [1.54, 1.807) is 34.6 Å². The number of hydrogen-bond acceptors (Lipinski definition) is 15. The average Bonchev–Trinajstić information content (AvgIpc) is 4.09. The van der Waals surface area contributed by atoms with Crippen molar-refractivity contribution >= 4 is 75.2 Å². The molecular formula is C45H64N14O4S2. The minimum atomic E-state index is -0.541. The summed E-state index contributed by atoms with van der Waals surface area (Å²) in [5, 5.41) is 14.6. The van der Waals surface area contributed by atoms with E-state index in [-0.39, 0.29) is 5.91 Å². The quantitative estimate of drug-likeness (QED) is 0.0142. The van der Waals surface area contributed by atoms with Crippen LogP contribution in [0, 0.1) is 13.8 Å². The molecule has 0 aliphatic carbocycles. The molecule has 1 fully saturated rings. The van der Waals surface area contributed by atoms with Crippen LogP contribution in [0.3, 0.4) is 0 Å². The molecule has 4 aromatic heterocycles. The Hall–Kier alpha value is -5.64. The monoisotopic (exact) mass is 928 g/mol. The van der Waals surface area contributed by atoms with Gasteiger partial charge in [0.25, 0.3) is 5.91 Å². The number of amides is 2. The molecule has 8 N–H and O–H groups in total. The fraction of sp³-hybridized carbons (Fsp3) is 0.444. The number of anilines is 2. The number of imidazole rings is 2. The van der Waals surface area contributed by atoms with E-state index in [1.165, 1.54) is 11.3 Å². The van der Waals surface area contributed by atoms with Crippen molar-refractivity contribution in [2.24, 2.45) is 11.6 Å². The van der Waals surface area contributed by atoms with Gasteiger partial charge in [-0.2, -0.15) is 5.10 Å². The van der Waals surface area contributed by atoms with Gasteiger partial charge in [0, 0.05) is 76.4 Å². The van der Waals surface area contributed by atoms with Crippen molar-refractivity contribution in [3.8, 4) is 5.75 Å². The van der Waals surface area contributed by atoms with E-state index < -0.39 is 5.91 Å². The molecule has 350 valence electrons. The molecule has 1 aliphatic heterocycles. The van der Waals surface area contributed by atoms with E-state index in [2.05, 4.69) is 42.4 Å². The molecule has 2 amide bonds. The lowest BCUT2D eigenvalue weighted by molar-refractivity contribution is 0.0997. The van der Waals surface area contributed by atoms with Crippen molar-refractivity contribution in [1.29, 1.82) is 0 Å². The topological polar surface area (TPSA) is 230 Å². The van der Waals surface area contributed by atoms with Crippen LogP contribution in [-0.2, 0) is 32.6 Å². The lowest BCUT2D eigenvalue weighted by Crippen LogP contribution is -2.43. The van der Waals surface area contributed by atoms with Crippen molar-refractivity contribution in [3.05, 3.63) is 80.6 Å². The van der Waals surface area contributed by atoms with Gasteiger partial charge in [0.15, 0.2) is 6.29 Å². The maximum Gasteiger partial charge on any atom is 0.269 e. The smallest absolute Gasteiger partial charge is 0.269 e. The molecule has 7 rings (SSSR count). The minimum Gasteiger partial charge on any atom is -0.491 e. The zero-order valence-electron chi connectivity index (χ0n) is 38.8. The van der Waals surface area contributed by atoms with E-state index in [0.29, 0.717) is 72.0 Å². The van der Waals surface area contributed by atoms with Crippen LogP contribution in [0.15, 0.2) is 47.4 Å². The third kappa shape index (κ3) is 12.6. The molecule has 0 atom stereocenters. The van der Waals surface area contributed by atoms with Crippen molar-refractivity contribution in [3.63, 3.8) is 0 Å². The number of thioether (sulfide) groups is 1. The number of thiazole rings is 1. The number of fused-ring (bicyclic) bond motifs is 2. The largest absolute Gasteiger partial charge is 0.491 e. The van der Waals surface area contributed by atoms with E-state index in [1.807, 2.05) is 82.2 Å². The SMILES string of the molecule is CC.CCc1nc(C)sc1C(=O)Nc1nc2cc(CNN)cc(SC)c2n1C/C=C/Cn1c(NC)nc2cc(C(N)=O)cc(OCCCN3CCNCC3)c21.CCn1nc(C)cc1C=O. The summed E-state index contributed by atoms with van der Waals surface area (Å²) in [6.07, 6.45) is 8.43. The Morgan fingerprint density at radius 1 is 0.969 bits per heavy atom. The second kappa shape index (κ2) is 24.6. The van der Waals surface area contributed by atoms with E-state index >= 15 is 0 Å². The highest BCUT2D eigenvalue weighted by Gasteiger charge is 2.22. The predicted octanol–water partition coefficient (Wildman–Crippen LogP) is 5.77. The third-order valence-corrected chi connectivity index (χ3v) is 12.2. The van der Waals surface area contributed by atoms with Crippen molar-refractivity contribution in [2.75, 3.05) is 63.3 Å². The van der Waals surface area contributed by atoms with Crippen LogP contribution >= 0.6 is 23.1 Å². The number of hydrogen-bond donors (Lipinski definition) is 6. The van der Waals surface area contributed by atoms with Crippen LogP contribution in [0.1, 0.15) is 86.6 Å². The van der Waals surface area contributed by atoms with Gasteiger partial charge in [-0.05, 0) is 75.8 Å². The number of benzene rings is 2. The molecule has 0 radical (unpaired) electrons. The van der Waals surface area contributed by atoms with Gasteiger partial charge in [0.05, 0.1) is 39.6 Å². The number of primary amides is 1. The number of allylic oxidation sites excluding steroid dienone is 2. The molecule has 2 aromatic carbocycles. The van der Waals surface area contributed by atoms with Crippen LogP contribution < -0.4 is 37.7 Å². The Kier molecular flexibility index (Phi) is 19.1. The van der Waals surface area contributed by atoms with Crippen LogP contribution in [0.4, 0.5) is 11.9 Å². The molecule has 0 spiro atoms. The highest BCUT2D eigenvalue weighted by atomic mass is 32.2. The average molecular weight is 929 g/mol. The Morgan fingerprint density at radius 2 is 1.66 bits per heavy atom. The summed E-state index contributed by atoms with van der Waals surface area (Å²) in [6, 6.07) is 9.25. The highest BCUT2D eigenvalue weighted by Crippen LogP contribution is 2.33. The fourth-order valence-electron chi connectivity index (χ4n) is 7.51. The molecule has 6 aromatic rings. The van der Waals surface area contributed by atoms with Gasteiger partial charge in [-0.25, -0.2) is 15.0 Å². The number of piperazine rings is 1. The van der Waals surface area contributed by atoms with Gasteiger partial charge in [-0.3, -0.25) is 35.7 Å². The number of carbonyl (C=O) groups excluding carboxylic acids is 3. The van der Waals surface area contributed by atoms with Gasteiger partial charge in [-0.1, -0.05) is 32.9 Å². The summed E-state index contributed by atoms with van der Waals surface area (Å²) >= 11 is 2.99. The maximum atomic E-state index is 13.6. The highest BCUT2D eigenvalue weighted by molar-refractivity contribution is 7.98. The standard InChI is InChI=1S/C36H48N12O3S2.C7H10N2O.C2H6/c1-5-25-32(53-22(2)42-25)34(50)45-36-44-26-17-23(21-41-38)18-29(52-4)31(26)48(36)13-7-6-12-47-30-27(43-35(47)39-3)19-24(33(37)49)20-28(30)51-16-8-11-46-14-9-40-10-15-46;1-3-9-7(5-10)4-6(2)8-9;1-2/h6-7,17-20,40-41H,5,8-16,21,38H2,1-4H3,(H2,37,49)(H,39,43)(H,44,45,50);4-5H,3H2,1-2H3;1-2H3/b7-6+;;. The van der Waals surface area contributed by atoms with Crippen LogP contribution in [-0.4, -0.2) is 110 Å². The lowest BCUT2D eigenvalue weighted by Gasteiger charge is -2.27. The molecule has 0 saturated carbocycles. The Balaban J connectivity index is 0.000000579. The predicted molar refractivity (Wildman–Crippen MR) is 262 cm³/mol. The third-order valence-electron chi connectivity index (χ3n) is 10.5. The molecule has 20 heteroatoms. The van der Waals surface area contributed by atoms with E-state index in [9.17, 15) is 14.4 Å². The van der Waals surface area contributed by atoms with Crippen molar-refractivity contribution in [2.45, 2.75) is 85.5 Å². The molecule has 0 bridgehead atoms. The number of carbonyl (C=O) groups is 3. The Labute approximate surface area is 388 Å². The molecule has 65 heavy (non-hydrogen) atoms. The van der Waals surface area contributed by atoms with Gasteiger partial charge < -0.3 is 35.1 Å². The molecule has 5 heterocycles. The van der Waals surface area contributed by atoms with Gasteiger partial charge in [0.1, 0.15) is 21.8 Å². The van der Waals surface area contributed by atoms with Crippen LogP contribution in [0.2, 0.25) is 0 Å². The number of nitrogens with two attached hydrogens (primary N) is 2. The van der Waals surface area contributed by atoms with Crippen LogP contribution in [0.25, 0.3) is 22.1 Å². The summed E-state index contributed by atoms with van der Waals surface area (Å²) in [6.45, 7) is 19.3. The molecular weight excluding hydrogens is 865 g/mol. The zero-order valence-corrected chi connectivity index (χ0v) is 40.4. The molecule has 1 aliphatic rings. The number of ether oxygens (including phenoxy) is 1. The second-order valence-electron chi connectivity index (χ2n) is 14.8. The maximum absolute atomic E-state index is 13.6. The van der Waals surface area contributed by atoms with E-state index in [0.717, 1.165) is 95.4 Å². The summed E-state index contributed by atoms with van der Waals surface area (Å²) in [5.41, 5.74) is 15.1. The molecule has 0 unspecified atom stereocenters. The van der Waals surface area contributed by atoms with Crippen molar-refractivity contribution in [1.82, 2.24) is 49.5 Å². The minimum absolute atomic E-state index is 0.234. The normalized spacial score (nSPS) is 12.8. The molecule has 18 nitrogen and oxygen atoms in total. The Bertz CT molecular complexity index is 2570. The number of nitrogens with zero attached hydrogens (tertiary/aromatic N) is 8. The first-order valence-electron chi connectivity index (χ1n) is 22.0. The first-order chi connectivity index (χ1) is 31.5. The fourth-order valence-corrected chi connectivity index (χ4v) is 9.09. The zero-order chi connectivity index (χ0) is 47.0. The molecule has 1 saturated heterocycles. The van der Waals surface area contributed by atoms with Gasteiger partial charge in [-0.15, -0.1) is 23.1 Å². The summed E-state index contributed by atoms with van der Waals surface area (Å²) in [4.78, 5) is 54.5. The van der Waals surface area contributed by atoms with Gasteiger partial charge >= 0.3 is 0 Å². The Morgan fingerprint density at radius 3 is 2.28 bits per heavy atom. The number of rotatable bonds is 19. The summed E-state index contributed by atoms with van der Waals surface area (Å²) < 4.78 is 12.1. The number of aromatic nitrogens is 7. The lowest BCUT2D eigenvalue weighted by atomic mass is 10.1. The number of aldehydes is 1. The number of aryl methyl sites for hydroxylation is 4. The summed E-state index contributed by atoms with van der Waals surface area (Å²) in [7, 11) is 1.81. The van der Waals surface area contributed by atoms with E-state index in [4.69, 9.17) is 26.3 Å². The van der Waals surface area contributed by atoms with Gasteiger partial charge in [0.2, 0.25) is 17.8 Å². The van der Waals surface area contributed by atoms with Crippen molar-refractivity contribution < 1.29 is 19.1 Å². The first-order valence-corrected chi connectivity index (χ1v) is 24.1. The van der Waals surface area contributed by atoms with Crippen LogP contribution in [0.5, 0.6) is 5.75 Å². The second-order valence-corrected chi connectivity index (χ2v) is 16.9. The number of hydrazine groups is 1. The summed E-state index contributed by atoms with van der Waals surface area (Å²) in [5.74, 6) is 6.50.